The number of nitrogens with one attached hydrogen (secondary N) is 1. The van der Waals surface area contributed by atoms with E-state index in [1.54, 1.807) is 6.92 Å². The van der Waals surface area contributed by atoms with Crippen molar-refractivity contribution < 1.29 is 12.8 Å². The molecule has 112 valence electrons. The predicted molar refractivity (Wildman–Crippen MR) is 81.8 cm³/mol. The van der Waals surface area contributed by atoms with Crippen molar-refractivity contribution in [3.8, 4) is 0 Å². The van der Waals surface area contributed by atoms with Gasteiger partial charge in [-0.1, -0.05) is 28.1 Å². The van der Waals surface area contributed by atoms with Crippen LogP contribution in [-0.2, 0) is 16.4 Å². The quantitative estimate of drug-likeness (QED) is 0.877. The van der Waals surface area contributed by atoms with Crippen molar-refractivity contribution in [2.45, 2.75) is 24.4 Å². The molecule has 0 spiro atoms. The van der Waals surface area contributed by atoms with Crippen LogP contribution in [0.3, 0.4) is 0 Å². The van der Waals surface area contributed by atoms with E-state index in [9.17, 15) is 12.8 Å². The average molecular weight is 373 g/mol. The average Bonchev–Trinajstić information content (AvgIpc) is 2.41. The molecule has 0 saturated carbocycles. The van der Waals surface area contributed by atoms with Crippen LogP contribution >= 0.6 is 15.9 Å². The third kappa shape index (κ3) is 4.33. The Balaban J connectivity index is 2.10. The predicted octanol–water partition coefficient (Wildman–Crippen LogP) is 2.89. The van der Waals surface area contributed by atoms with Gasteiger partial charge >= 0.3 is 0 Å². The van der Waals surface area contributed by atoms with Crippen LogP contribution in [0.15, 0.2) is 52.1 Å². The number of benzene rings is 1. The highest BCUT2D eigenvalue weighted by Crippen LogP contribution is 2.14. The summed E-state index contributed by atoms with van der Waals surface area (Å²) in [6.45, 7) is 1.72. The van der Waals surface area contributed by atoms with E-state index in [1.807, 2.05) is 24.3 Å². The maximum Gasteiger partial charge on any atom is 0.261 e. The Labute approximate surface area is 131 Å². The Morgan fingerprint density at radius 3 is 2.57 bits per heavy atom. The SMILES string of the molecule is CC(Cc1ccc(Br)cc1)NS(=O)(=O)c1ncccc1F. The van der Waals surface area contributed by atoms with Gasteiger partial charge in [0.25, 0.3) is 10.0 Å². The normalized spacial score (nSPS) is 13.1. The molecule has 2 aromatic rings. The van der Waals surface area contributed by atoms with Crippen LogP contribution in [0.1, 0.15) is 12.5 Å². The van der Waals surface area contributed by atoms with Crippen molar-refractivity contribution in [1.29, 1.82) is 0 Å². The summed E-state index contributed by atoms with van der Waals surface area (Å²) in [5, 5.41) is -0.576. The minimum atomic E-state index is -3.96. The molecule has 0 fully saturated rings. The lowest BCUT2D eigenvalue weighted by molar-refractivity contribution is 0.532. The monoisotopic (exact) mass is 372 g/mol. The second-order valence-electron chi connectivity index (χ2n) is 4.64. The number of hydrogen-bond donors (Lipinski definition) is 1. The smallest absolute Gasteiger partial charge is 0.241 e. The Bertz CT molecular complexity index is 720. The molecule has 21 heavy (non-hydrogen) atoms. The highest BCUT2D eigenvalue weighted by atomic mass is 79.9. The lowest BCUT2D eigenvalue weighted by Gasteiger charge is -2.14. The fourth-order valence-electron chi connectivity index (χ4n) is 1.91. The summed E-state index contributed by atoms with van der Waals surface area (Å²) in [5.74, 6) is -0.860. The van der Waals surface area contributed by atoms with Crippen LogP contribution in [0, 0.1) is 5.82 Å². The topological polar surface area (TPSA) is 59.1 Å². The lowest BCUT2D eigenvalue weighted by atomic mass is 10.1. The molecule has 4 nitrogen and oxygen atoms in total. The van der Waals surface area contributed by atoms with Crippen molar-refractivity contribution in [3.05, 3.63) is 58.4 Å². The molecule has 0 radical (unpaired) electrons. The number of halogens is 2. The first-order chi connectivity index (χ1) is 9.88. The second-order valence-corrected chi connectivity index (χ2v) is 7.19. The van der Waals surface area contributed by atoms with E-state index in [0.717, 1.165) is 16.1 Å². The molecule has 1 atom stereocenters. The zero-order valence-corrected chi connectivity index (χ0v) is 13.7. The van der Waals surface area contributed by atoms with Crippen LogP contribution in [0.2, 0.25) is 0 Å². The van der Waals surface area contributed by atoms with Gasteiger partial charge in [0, 0.05) is 16.7 Å². The Morgan fingerprint density at radius 1 is 1.29 bits per heavy atom. The van der Waals surface area contributed by atoms with Crippen LogP contribution < -0.4 is 4.72 Å². The molecule has 0 aliphatic heterocycles. The summed E-state index contributed by atoms with van der Waals surface area (Å²) >= 11 is 3.34. The molecule has 0 amide bonds. The van der Waals surface area contributed by atoms with Gasteiger partial charge in [0.2, 0.25) is 5.03 Å². The van der Waals surface area contributed by atoms with Gasteiger partial charge < -0.3 is 0 Å². The molecule has 1 unspecified atom stereocenters. The van der Waals surface area contributed by atoms with Gasteiger partial charge in [0.15, 0.2) is 5.82 Å². The van der Waals surface area contributed by atoms with Crippen molar-refractivity contribution >= 4 is 26.0 Å². The van der Waals surface area contributed by atoms with E-state index in [1.165, 1.54) is 12.3 Å². The van der Waals surface area contributed by atoms with E-state index in [4.69, 9.17) is 0 Å². The lowest BCUT2D eigenvalue weighted by Crippen LogP contribution is -2.35. The number of nitrogens with zero attached hydrogens (tertiary/aromatic N) is 1. The molecule has 0 saturated heterocycles. The third-order valence-corrected chi connectivity index (χ3v) is 4.84. The standard InChI is InChI=1S/C14H14BrFN2O2S/c1-10(9-11-4-6-12(15)7-5-11)18-21(19,20)14-13(16)3-2-8-17-14/h2-8,10,18H,9H2,1H3. The summed E-state index contributed by atoms with van der Waals surface area (Å²) < 4.78 is 41.1. The third-order valence-electron chi connectivity index (χ3n) is 2.79. The van der Waals surface area contributed by atoms with E-state index in [-0.39, 0.29) is 6.04 Å². The van der Waals surface area contributed by atoms with Crippen molar-refractivity contribution in [2.24, 2.45) is 0 Å². The number of sulfonamides is 1. The molecule has 1 aromatic heterocycles. The molecule has 1 aromatic carbocycles. The zero-order chi connectivity index (χ0) is 15.5. The fraction of sp³-hybridized carbons (Fsp3) is 0.214. The number of hydrogen-bond acceptors (Lipinski definition) is 3. The summed E-state index contributed by atoms with van der Waals surface area (Å²) in [6, 6.07) is 9.61. The van der Waals surface area contributed by atoms with Gasteiger partial charge in [-0.25, -0.2) is 22.5 Å². The van der Waals surface area contributed by atoms with Gasteiger partial charge in [-0.15, -0.1) is 0 Å². The first-order valence-corrected chi connectivity index (χ1v) is 8.53. The zero-order valence-electron chi connectivity index (χ0n) is 11.3. The number of pyridine rings is 1. The molecular formula is C14H14BrFN2O2S. The largest absolute Gasteiger partial charge is 0.261 e. The van der Waals surface area contributed by atoms with E-state index >= 15 is 0 Å². The Hall–Kier alpha value is -1.31. The molecule has 0 aliphatic rings. The van der Waals surface area contributed by atoms with Gasteiger partial charge in [-0.05, 0) is 43.2 Å². The fourth-order valence-corrected chi connectivity index (χ4v) is 3.42. The van der Waals surface area contributed by atoms with Crippen LogP contribution in [0.4, 0.5) is 4.39 Å². The van der Waals surface area contributed by atoms with Crippen molar-refractivity contribution in [2.75, 3.05) is 0 Å². The molecule has 7 heteroatoms. The molecule has 0 bridgehead atoms. The maximum atomic E-state index is 13.5. The van der Waals surface area contributed by atoms with Crippen LogP contribution in [0.25, 0.3) is 0 Å². The number of aromatic nitrogens is 1. The van der Waals surface area contributed by atoms with Gasteiger partial charge in [0.05, 0.1) is 0 Å². The van der Waals surface area contributed by atoms with Gasteiger partial charge in [-0.3, -0.25) is 0 Å². The first-order valence-electron chi connectivity index (χ1n) is 6.26. The molecule has 0 aliphatic carbocycles. The Kier molecular flexibility index (Phi) is 5.08. The van der Waals surface area contributed by atoms with Crippen LogP contribution in [0.5, 0.6) is 0 Å². The second kappa shape index (κ2) is 6.64. The van der Waals surface area contributed by atoms with Crippen molar-refractivity contribution in [1.82, 2.24) is 9.71 Å². The minimum Gasteiger partial charge on any atom is -0.241 e. The molecular weight excluding hydrogens is 359 g/mol. The van der Waals surface area contributed by atoms with Gasteiger partial charge in [-0.2, -0.15) is 0 Å². The number of rotatable bonds is 5. The van der Waals surface area contributed by atoms with E-state index < -0.39 is 20.9 Å². The van der Waals surface area contributed by atoms with E-state index in [2.05, 4.69) is 25.6 Å². The van der Waals surface area contributed by atoms with Crippen LogP contribution in [-0.4, -0.2) is 19.4 Å². The maximum absolute atomic E-state index is 13.5. The Morgan fingerprint density at radius 2 is 1.95 bits per heavy atom. The highest BCUT2D eigenvalue weighted by Gasteiger charge is 2.22. The minimum absolute atomic E-state index is 0.377. The summed E-state index contributed by atoms with van der Waals surface area (Å²) in [4.78, 5) is 3.59. The summed E-state index contributed by atoms with van der Waals surface area (Å²) in [5.41, 5.74) is 0.981. The molecule has 1 N–H and O–H groups in total. The molecule has 1 heterocycles. The van der Waals surface area contributed by atoms with Crippen molar-refractivity contribution in [3.63, 3.8) is 0 Å². The van der Waals surface area contributed by atoms with E-state index in [0.29, 0.717) is 6.42 Å². The molecule has 2 rings (SSSR count). The first kappa shape index (κ1) is 16.1. The summed E-state index contributed by atoms with van der Waals surface area (Å²) in [6.07, 6.45) is 1.75. The van der Waals surface area contributed by atoms with Gasteiger partial charge in [0.1, 0.15) is 0 Å². The summed E-state index contributed by atoms with van der Waals surface area (Å²) in [7, 11) is -3.96. The highest BCUT2D eigenvalue weighted by molar-refractivity contribution is 9.10.